The first kappa shape index (κ1) is 71.8. The number of carbonyl (C=O) groups is 3. The zero-order valence-electron chi connectivity index (χ0n) is 49.5. The molecule has 6 nitrogen and oxygen atoms in total. The van der Waals surface area contributed by atoms with Crippen molar-refractivity contribution in [2.24, 2.45) is 0 Å². The van der Waals surface area contributed by atoms with Gasteiger partial charge in [-0.15, -0.1) is 0 Å². The third-order valence-corrected chi connectivity index (χ3v) is 13.2. The van der Waals surface area contributed by atoms with Crippen molar-refractivity contribution in [1.29, 1.82) is 0 Å². The molecule has 0 aliphatic heterocycles. The van der Waals surface area contributed by atoms with E-state index < -0.39 is 6.10 Å². The molecule has 0 aliphatic rings. The van der Waals surface area contributed by atoms with Crippen molar-refractivity contribution in [3.63, 3.8) is 0 Å². The predicted octanol–water partition coefficient (Wildman–Crippen LogP) is 21.6. The zero-order valence-corrected chi connectivity index (χ0v) is 49.5. The summed E-state index contributed by atoms with van der Waals surface area (Å²) < 4.78 is 16.9. The molecule has 0 bridgehead atoms. The van der Waals surface area contributed by atoms with Crippen LogP contribution in [-0.4, -0.2) is 37.2 Å². The lowest BCUT2D eigenvalue weighted by atomic mass is 10.0. The Hall–Kier alpha value is -4.19. The fourth-order valence-electron chi connectivity index (χ4n) is 8.49. The first-order chi connectivity index (χ1) is 37.5. The van der Waals surface area contributed by atoms with Crippen molar-refractivity contribution in [3.8, 4) is 0 Å². The molecule has 0 aliphatic carbocycles. The summed E-state index contributed by atoms with van der Waals surface area (Å²) in [5, 5.41) is 0. The molecular weight excluding hydrogens is 937 g/mol. The number of ether oxygens (including phenoxy) is 3. The molecule has 0 heterocycles. The third kappa shape index (κ3) is 60.7. The van der Waals surface area contributed by atoms with E-state index in [1.165, 1.54) is 116 Å². The molecule has 6 heteroatoms. The second-order valence-corrected chi connectivity index (χ2v) is 20.6. The van der Waals surface area contributed by atoms with Crippen LogP contribution >= 0.6 is 0 Å². The molecule has 0 radical (unpaired) electrons. The predicted molar refractivity (Wildman–Crippen MR) is 330 cm³/mol. The lowest BCUT2D eigenvalue weighted by molar-refractivity contribution is -0.167. The van der Waals surface area contributed by atoms with Crippen LogP contribution in [0.3, 0.4) is 0 Å². The van der Waals surface area contributed by atoms with Crippen molar-refractivity contribution in [3.05, 3.63) is 122 Å². The minimum atomic E-state index is -0.796. The molecule has 1 unspecified atom stereocenters. The second kappa shape index (κ2) is 63.3. The van der Waals surface area contributed by atoms with Gasteiger partial charge in [0.25, 0.3) is 0 Å². The van der Waals surface area contributed by atoms with Crippen molar-refractivity contribution in [2.45, 2.75) is 290 Å². The molecule has 76 heavy (non-hydrogen) atoms. The molecule has 0 N–H and O–H groups in total. The van der Waals surface area contributed by atoms with Crippen LogP contribution in [0.25, 0.3) is 0 Å². The van der Waals surface area contributed by atoms with Gasteiger partial charge in [0.2, 0.25) is 0 Å². The Morgan fingerprint density at radius 2 is 0.513 bits per heavy atom. The molecular formula is C70H116O6. The first-order valence-corrected chi connectivity index (χ1v) is 31.5. The highest BCUT2D eigenvalue weighted by Gasteiger charge is 2.19. The maximum absolute atomic E-state index is 12.9. The van der Waals surface area contributed by atoms with E-state index in [0.29, 0.717) is 19.3 Å². The minimum absolute atomic E-state index is 0.0927. The third-order valence-electron chi connectivity index (χ3n) is 13.2. The van der Waals surface area contributed by atoms with E-state index in [0.717, 1.165) is 128 Å². The summed E-state index contributed by atoms with van der Waals surface area (Å²) in [5.74, 6) is -0.931. The smallest absolute Gasteiger partial charge is 0.306 e. The lowest BCUT2D eigenvalue weighted by Gasteiger charge is -2.18. The molecule has 0 fully saturated rings. The van der Waals surface area contributed by atoms with Crippen LogP contribution in [0.1, 0.15) is 284 Å². The summed E-state index contributed by atoms with van der Waals surface area (Å²) in [7, 11) is 0. The number of allylic oxidation sites excluding steroid dienone is 20. The Morgan fingerprint density at radius 3 is 0.855 bits per heavy atom. The molecule has 0 spiro atoms. The van der Waals surface area contributed by atoms with Crippen molar-refractivity contribution >= 4 is 17.9 Å². The van der Waals surface area contributed by atoms with E-state index in [4.69, 9.17) is 14.2 Å². The van der Waals surface area contributed by atoms with Gasteiger partial charge in [-0.05, 0) is 116 Å². The highest BCUT2D eigenvalue weighted by molar-refractivity contribution is 5.71. The van der Waals surface area contributed by atoms with Gasteiger partial charge in [-0.1, -0.05) is 271 Å². The number of carbonyl (C=O) groups excluding carboxylic acids is 3. The van der Waals surface area contributed by atoms with Gasteiger partial charge in [0.05, 0.1) is 0 Å². The van der Waals surface area contributed by atoms with E-state index in [2.05, 4.69) is 142 Å². The Labute approximate surface area is 469 Å². The van der Waals surface area contributed by atoms with Crippen LogP contribution in [0.4, 0.5) is 0 Å². The van der Waals surface area contributed by atoms with Crippen molar-refractivity contribution in [2.75, 3.05) is 13.2 Å². The number of esters is 3. The molecule has 432 valence electrons. The van der Waals surface area contributed by atoms with Crippen molar-refractivity contribution < 1.29 is 28.6 Å². The summed E-state index contributed by atoms with van der Waals surface area (Å²) >= 11 is 0. The quantitative estimate of drug-likeness (QED) is 0.0261. The van der Waals surface area contributed by atoms with E-state index in [9.17, 15) is 14.4 Å². The molecule has 0 aromatic carbocycles. The fraction of sp³-hybridized carbons (Fsp3) is 0.671. The van der Waals surface area contributed by atoms with E-state index >= 15 is 0 Å². The summed E-state index contributed by atoms with van der Waals surface area (Å²) in [6.07, 6.45) is 87.7. The van der Waals surface area contributed by atoms with Crippen LogP contribution in [-0.2, 0) is 28.6 Å². The van der Waals surface area contributed by atoms with Gasteiger partial charge >= 0.3 is 17.9 Å². The minimum Gasteiger partial charge on any atom is -0.462 e. The van der Waals surface area contributed by atoms with Gasteiger partial charge in [0.15, 0.2) is 6.10 Å². The molecule has 0 saturated heterocycles. The molecule has 0 saturated carbocycles. The normalized spacial score (nSPS) is 12.9. The zero-order chi connectivity index (χ0) is 55.0. The highest BCUT2D eigenvalue weighted by Crippen LogP contribution is 2.15. The second-order valence-electron chi connectivity index (χ2n) is 20.6. The van der Waals surface area contributed by atoms with Crippen LogP contribution in [0.2, 0.25) is 0 Å². The van der Waals surface area contributed by atoms with E-state index in [1.807, 2.05) is 0 Å². The SMILES string of the molecule is CC/C=C\C/C=C\C/C=C\C/C=C\C/C=C\C/C=C\C/C=C\C/C=C\C/C=C\CCCCCC(=O)OCC(COC(=O)CCCCCCC/C=C\CCCCC)OC(=O)CCCCCCCCCCCCCCCCC. The highest BCUT2D eigenvalue weighted by atomic mass is 16.6. The topological polar surface area (TPSA) is 78.9 Å². The maximum Gasteiger partial charge on any atom is 0.306 e. The van der Waals surface area contributed by atoms with Crippen LogP contribution in [0, 0.1) is 0 Å². The number of rotatable bonds is 56. The summed E-state index contributed by atoms with van der Waals surface area (Å²) in [6.45, 7) is 6.48. The molecule has 1 atom stereocenters. The Bertz CT molecular complexity index is 1590. The van der Waals surface area contributed by atoms with Crippen LogP contribution < -0.4 is 0 Å². The lowest BCUT2D eigenvalue weighted by Crippen LogP contribution is -2.30. The van der Waals surface area contributed by atoms with Gasteiger partial charge in [-0.2, -0.15) is 0 Å². The summed E-state index contributed by atoms with van der Waals surface area (Å²) in [4.78, 5) is 38.2. The Balaban J connectivity index is 4.35. The van der Waals surface area contributed by atoms with Gasteiger partial charge in [0.1, 0.15) is 13.2 Å². The molecule has 0 amide bonds. The van der Waals surface area contributed by atoms with Gasteiger partial charge in [0, 0.05) is 19.3 Å². The average molecular weight is 1050 g/mol. The molecule has 0 rings (SSSR count). The fourth-order valence-corrected chi connectivity index (χ4v) is 8.49. The number of hydrogen-bond donors (Lipinski definition) is 0. The Morgan fingerprint density at radius 1 is 0.276 bits per heavy atom. The van der Waals surface area contributed by atoms with Crippen LogP contribution in [0.15, 0.2) is 122 Å². The standard InChI is InChI=1S/C70H116O6/c1-4-7-10-13-16-19-22-25-27-28-29-30-31-32-33-34-35-36-37-38-39-40-41-42-44-45-48-51-54-57-60-63-69(72)75-66-67(65-74-68(71)62-59-56-53-50-47-24-21-18-15-12-9-6-3)76-70(73)64-61-58-55-52-49-46-43-26-23-20-17-14-11-8-5-2/h7,10,16,18-19,21,25,27,29-30,32-33,35-36,38-39,41-42,45,48,67H,4-6,8-9,11-15,17,20,22-24,26,28,31,34,37,40,43-44,46-47,49-66H2,1-3H3/b10-7-,19-16-,21-18-,27-25-,30-29-,33-32-,36-35-,39-38-,42-41-,48-45-. The van der Waals surface area contributed by atoms with Gasteiger partial charge in [-0.25, -0.2) is 0 Å². The first-order valence-electron chi connectivity index (χ1n) is 31.5. The van der Waals surface area contributed by atoms with E-state index in [-0.39, 0.29) is 31.1 Å². The molecule has 0 aromatic heterocycles. The maximum atomic E-state index is 12.9. The van der Waals surface area contributed by atoms with Crippen LogP contribution in [0.5, 0.6) is 0 Å². The Kier molecular flexibility index (Phi) is 59.9. The largest absolute Gasteiger partial charge is 0.462 e. The number of unbranched alkanes of at least 4 members (excludes halogenated alkanes) is 25. The monoisotopic (exact) mass is 1050 g/mol. The van der Waals surface area contributed by atoms with E-state index in [1.54, 1.807) is 0 Å². The van der Waals surface area contributed by atoms with Gasteiger partial charge < -0.3 is 14.2 Å². The van der Waals surface area contributed by atoms with Gasteiger partial charge in [-0.3, -0.25) is 14.4 Å². The molecule has 0 aromatic rings. The number of hydrogen-bond acceptors (Lipinski definition) is 6. The average Bonchev–Trinajstić information content (AvgIpc) is 3.42. The summed E-state index contributed by atoms with van der Waals surface area (Å²) in [6, 6.07) is 0. The summed E-state index contributed by atoms with van der Waals surface area (Å²) in [5.41, 5.74) is 0. The van der Waals surface area contributed by atoms with Crippen molar-refractivity contribution in [1.82, 2.24) is 0 Å².